The highest BCUT2D eigenvalue weighted by Gasteiger charge is 2.40. The maximum absolute atomic E-state index is 12.7. The fourth-order valence-electron chi connectivity index (χ4n) is 4.94. The van der Waals surface area contributed by atoms with Crippen LogP contribution < -0.4 is 5.32 Å². The highest BCUT2D eigenvalue weighted by molar-refractivity contribution is 5.91. The van der Waals surface area contributed by atoms with Crippen LogP contribution in [-0.2, 0) is 0 Å². The molecule has 30 heavy (non-hydrogen) atoms. The lowest BCUT2D eigenvalue weighted by molar-refractivity contribution is 0.0126. The first-order chi connectivity index (χ1) is 14.8. The number of hydrogen-bond acceptors (Lipinski definition) is 5. The van der Waals surface area contributed by atoms with E-state index in [1.54, 1.807) is 6.07 Å². The number of fused-ring (bicyclic) bond motifs is 1. The summed E-state index contributed by atoms with van der Waals surface area (Å²) in [7, 11) is 0. The van der Waals surface area contributed by atoms with Gasteiger partial charge in [-0.15, -0.1) is 0 Å². The number of amides is 1. The molecule has 3 aromatic rings. The first-order valence-electron chi connectivity index (χ1n) is 10.6. The number of benzene rings is 2. The van der Waals surface area contributed by atoms with E-state index in [-0.39, 0.29) is 17.9 Å². The van der Waals surface area contributed by atoms with Crippen LogP contribution in [0.15, 0.2) is 77.4 Å². The van der Waals surface area contributed by atoms with Gasteiger partial charge in [-0.3, -0.25) is 9.69 Å². The third-order valence-electron chi connectivity index (χ3n) is 6.33. The first-order valence-corrected chi connectivity index (χ1v) is 10.6. The van der Waals surface area contributed by atoms with E-state index >= 15 is 0 Å². The molecule has 1 amide bonds. The molecule has 2 aliphatic heterocycles. The van der Waals surface area contributed by atoms with Crippen LogP contribution in [0.3, 0.4) is 0 Å². The summed E-state index contributed by atoms with van der Waals surface area (Å²) in [6.45, 7) is 4.06. The average Bonchev–Trinajstić information content (AvgIpc) is 3.35. The fourth-order valence-corrected chi connectivity index (χ4v) is 4.94. The number of nitrogens with zero attached hydrogens (tertiary/aromatic N) is 3. The Labute approximate surface area is 176 Å². The van der Waals surface area contributed by atoms with Crippen molar-refractivity contribution in [1.29, 1.82) is 0 Å². The highest BCUT2D eigenvalue weighted by atomic mass is 16.5. The molecule has 0 radical (unpaired) electrons. The minimum Gasteiger partial charge on any atom is -0.351 e. The Morgan fingerprint density at radius 2 is 1.67 bits per heavy atom. The molecule has 0 bridgehead atoms. The van der Waals surface area contributed by atoms with Gasteiger partial charge >= 0.3 is 0 Å². The summed E-state index contributed by atoms with van der Waals surface area (Å²) in [5.74, 6) is 0.520. The monoisotopic (exact) mass is 402 g/mol. The Bertz CT molecular complexity index is 922. The molecule has 0 saturated carbocycles. The van der Waals surface area contributed by atoms with E-state index in [4.69, 9.17) is 4.52 Å². The van der Waals surface area contributed by atoms with Gasteiger partial charge in [-0.05, 0) is 11.1 Å². The predicted octanol–water partition coefficient (Wildman–Crippen LogP) is 2.60. The van der Waals surface area contributed by atoms with Crippen molar-refractivity contribution in [1.82, 2.24) is 20.3 Å². The third kappa shape index (κ3) is 3.64. The molecule has 5 rings (SSSR count). The lowest BCUT2D eigenvalue weighted by Gasteiger charge is -2.50. The predicted molar refractivity (Wildman–Crippen MR) is 114 cm³/mol. The zero-order valence-corrected chi connectivity index (χ0v) is 16.9. The summed E-state index contributed by atoms with van der Waals surface area (Å²) in [4.78, 5) is 17.2. The standard InChI is InChI=1S/C24H26N4O2/c29-24(22-11-12-26-30-22)27-13-14-28-20(17-27)15-25-16-21(28)23(18-7-3-1-4-8-18)19-9-5-2-6-10-19/h1-12,20-21,23,25H,13-17H2/t20-,21?/m1/s1. The van der Waals surface area contributed by atoms with Crippen LogP contribution in [0.5, 0.6) is 0 Å². The molecule has 6 heteroatoms. The summed E-state index contributed by atoms with van der Waals surface area (Å²) in [6.07, 6.45) is 1.52. The average molecular weight is 402 g/mol. The summed E-state index contributed by atoms with van der Waals surface area (Å²) in [6, 6.07) is 23.8. The Balaban J connectivity index is 1.41. The van der Waals surface area contributed by atoms with E-state index in [1.807, 2.05) is 4.90 Å². The molecule has 2 saturated heterocycles. The first kappa shape index (κ1) is 19.0. The molecule has 2 aromatic carbocycles. The van der Waals surface area contributed by atoms with Crippen LogP contribution in [0.1, 0.15) is 27.6 Å². The van der Waals surface area contributed by atoms with Gasteiger partial charge in [-0.2, -0.15) is 0 Å². The number of piperazine rings is 2. The molecular weight excluding hydrogens is 376 g/mol. The van der Waals surface area contributed by atoms with Gasteiger partial charge < -0.3 is 14.7 Å². The van der Waals surface area contributed by atoms with Gasteiger partial charge in [-0.25, -0.2) is 0 Å². The smallest absolute Gasteiger partial charge is 0.292 e. The van der Waals surface area contributed by atoms with Crippen LogP contribution in [0.2, 0.25) is 0 Å². The Hall–Kier alpha value is -2.96. The summed E-state index contributed by atoms with van der Waals surface area (Å²) in [5.41, 5.74) is 2.66. The van der Waals surface area contributed by atoms with Crippen LogP contribution in [-0.4, -0.2) is 65.7 Å². The molecule has 1 N–H and O–H groups in total. The zero-order valence-electron chi connectivity index (χ0n) is 16.9. The molecule has 1 aromatic heterocycles. The van der Waals surface area contributed by atoms with Crippen molar-refractivity contribution in [3.63, 3.8) is 0 Å². The summed E-state index contributed by atoms with van der Waals surface area (Å²) < 4.78 is 5.09. The molecular formula is C24H26N4O2. The number of aromatic nitrogens is 1. The molecule has 3 heterocycles. The molecule has 2 aliphatic rings. The molecule has 0 spiro atoms. The second kappa shape index (κ2) is 8.42. The van der Waals surface area contributed by atoms with E-state index in [0.717, 1.165) is 19.6 Å². The van der Waals surface area contributed by atoms with Gasteiger partial charge in [0.1, 0.15) is 0 Å². The quantitative estimate of drug-likeness (QED) is 0.727. The second-order valence-corrected chi connectivity index (χ2v) is 8.04. The van der Waals surface area contributed by atoms with Gasteiger partial charge in [0.05, 0.1) is 6.20 Å². The highest BCUT2D eigenvalue weighted by Crippen LogP contribution is 2.34. The lowest BCUT2D eigenvalue weighted by atomic mass is 9.82. The molecule has 2 atom stereocenters. The van der Waals surface area contributed by atoms with E-state index < -0.39 is 0 Å². The molecule has 0 aliphatic carbocycles. The second-order valence-electron chi connectivity index (χ2n) is 8.04. The van der Waals surface area contributed by atoms with E-state index in [0.29, 0.717) is 24.9 Å². The normalized spacial score (nSPS) is 22.1. The molecule has 2 fully saturated rings. The van der Waals surface area contributed by atoms with Crippen LogP contribution in [0, 0.1) is 0 Å². The third-order valence-corrected chi connectivity index (χ3v) is 6.33. The maximum Gasteiger partial charge on any atom is 0.292 e. The van der Waals surface area contributed by atoms with Gasteiger partial charge in [0.25, 0.3) is 5.91 Å². The number of rotatable bonds is 4. The van der Waals surface area contributed by atoms with E-state index in [9.17, 15) is 4.79 Å². The SMILES string of the molecule is O=C(c1ccno1)N1CCN2C(C(c3ccccc3)c3ccccc3)CNC[C@@H]2C1. The zero-order chi connectivity index (χ0) is 20.3. The van der Waals surface area contributed by atoms with Crippen molar-refractivity contribution >= 4 is 5.91 Å². The minimum absolute atomic E-state index is 0.0723. The van der Waals surface area contributed by atoms with Crippen LogP contribution >= 0.6 is 0 Å². The largest absolute Gasteiger partial charge is 0.351 e. The number of hydrogen-bond donors (Lipinski definition) is 1. The van der Waals surface area contributed by atoms with Gasteiger partial charge in [-0.1, -0.05) is 65.8 Å². The maximum atomic E-state index is 12.7. The van der Waals surface area contributed by atoms with Crippen LogP contribution in [0.25, 0.3) is 0 Å². The Morgan fingerprint density at radius 3 is 2.30 bits per heavy atom. The lowest BCUT2D eigenvalue weighted by Crippen LogP contribution is -2.66. The Kier molecular flexibility index (Phi) is 5.34. The van der Waals surface area contributed by atoms with Gasteiger partial charge in [0.2, 0.25) is 5.76 Å². The van der Waals surface area contributed by atoms with Crippen molar-refractivity contribution in [2.24, 2.45) is 0 Å². The van der Waals surface area contributed by atoms with Gasteiger partial charge in [0, 0.05) is 56.8 Å². The summed E-state index contributed by atoms with van der Waals surface area (Å²) >= 11 is 0. The van der Waals surface area contributed by atoms with Crippen molar-refractivity contribution in [3.8, 4) is 0 Å². The summed E-state index contributed by atoms with van der Waals surface area (Å²) in [5, 5.41) is 7.31. The Morgan fingerprint density at radius 1 is 0.967 bits per heavy atom. The number of carbonyl (C=O) groups is 1. The number of carbonyl (C=O) groups excluding carboxylic acids is 1. The van der Waals surface area contributed by atoms with Crippen molar-refractivity contribution in [2.75, 3.05) is 32.7 Å². The molecule has 154 valence electrons. The van der Waals surface area contributed by atoms with Crippen LogP contribution in [0.4, 0.5) is 0 Å². The van der Waals surface area contributed by atoms with E-state index in [1.165, 1.54) is 17.3 Å². The number of nitrogens with one attached hydrogen (secondary N) is 1. The topological polar surface area (TPSA) is 61.6 Å². The fraction of sp³-hybridized carbons (Fsp3) is 0.333. The van der Waals surface area contributed by atoms with Gasteiger partial charge in [0.15, 0.2) is 0 Å². The van der Waals surface area contributed by atoms with E-state index in [2.05, 4.69) is 76.0 Å². The van der Waals surface area contributed by atoms with Crippen molar-refractivity contribution in [3.05, 3.63) is 89.8 Å². The van der Waals surface area contributed by atoms with Crippen molar-refractivity contribution in [2.45, 2.75) is 18.0 Å². The molecule has 1 unspecified atom stereocenters. The minimum atomic E-state index is -0.0723. The molecule has 6 nitrogen and oxygen atoms in total. The van der Waals surface area contributed by atoms with Crippen molar-refractivity contribution < 1.29 is 9.32 Å².